The summed E-state index contributed by atoms with van der Waals surface area (Å²) in [6.45, 7) is 21.5. The Morgan fingerprint density at radius 1 is 0.783 bits per heavy atom. The first kappa shape index (κ1) is 35.1. The third-order valence-electron chi connectivity index (χ3n) is 15.1. The molecule has 0 aromatic heterocycles. The predicted octanol–water partition coefficient (Wildman–Crippen LogP) is 6.02. The van der Waals surface area contributed by atoms with Crippen molar-refractivity contribution in [1.29, 1.82) is 0 Å². The van der Waals surface area contributed by atoms with Crippen LogP contribution in [0.4, 0.5) is 0 Å². The van der Waals surface area contributed by atoms with Gasteiger partial charge in [-0.25, -0.2) is 9.59 Å². The van der Waals surface area contributed by atoms with Crippen molar-refractivity contribution in [3.8, 4) is 0 Å². The van der Waals surface area contributed by atoms with Crippen molar-refractivity contribution in [2.75, 3.05) is 26.7 Å². The molecule has 5 aliphatic carbocycles. The minimum atomic E-state index is -0.769. The maximum absolute atomic E-state index is 12.8. The summed E-state index contributed by atoms with van der Waals surface area (Å²) in [5.74, 6) is -0.406. The number of hydrogen-bond donors (Lipinski definition) is 2. The van der Waals surface area contributed by atoms with Crippen LogP contribution in [0.25, 0.3) is 0 Å². The molecule has 0 aromatic carbocycles. The van der Waals surface area contributed by atoms with Gasteiger partial charge < -0.3 is 20.1 Å². The Hall–Kier alpha value is -2.22. The molecule has 46 heavy (non-hydrogen) atoms. The number of rotatable bonds is 8. The number of carbonyl (C=O) groups is 4. The number of esters is 2. The molecule has 10 atom stereocenters. The highest BCUT2D eigenvalue weighted by molar-refractivity contribution is 6.32. The highest BCUT2D eigenvalue weighted by atomic mass is 16.6. The van der Waals surface area contributed by atoms with Crippen molar-refractivity contribution < 1.29 is 28.7 Å². The zero-order valence-electron chi connectivity index (χ0n) is 29.8. The summed E-state index contributed by atoms with van der Waals surface area (Å²) in [5.41, 5.74) is 1.30. The maximum atomic E-state index is 12.8. The first-order valence-electron chi connectivity index (χ1n) is 17.9. The van der Waals surface area contributed by atoms with Gasteiger partial charge >= 0.3 is 17.8 Å². The molecule has 5 aliphatic rings. The third-order valence-corrected chi connectivity index (χ3v) is 15.1. The molecule has 0 heterocycles. The second-order valence-electron chi connectivity index (χ2n) is 17.3. The molecule has 8 heteroatoms. The van der Waals surface area contributed by atoms with Gasteiger partial charge in [0.15, 0.2) is 0 Å². The Bertz CT molecular complexity index is 1260. The van der Waals surface area contributed by atoms with Gasteiger partial charge in [0.05, 0.1) is 6.61 Å². The van der Waals surface area contributed by atoms with Crippen molar-refractivity contribution in [3.63, 3.8) is 0 Å². The summed E-state index contributed by atoms with van der Waals surface area (Å²) < 4.78 is 11.7. The van der Waals surface area contributed by atoms with Crippen molar-refractivity contribution >= 4 is 23.6 Å². The Kier molecular flexibility index (Phi) is 9.42. The van der Waals surface area contributed by atoms with Crippen LogP contribution in [0.1, 0.15) is 113 Å². The maximum Gasteiger partial charge on any atom is 0.397 e. The van der Waals surface area contributed by atoms with E-state index >= 15 is 0 Å². The van der Waals surface area contributed by atoms with Gasteiger partial charge in [0.25, 0.3) is 0 Å². The van der Waals surface area contributed by atoms with Crippen LogP contribution in [0, 0.1) is 56.7 Å². The van der Waals surface area contributed by atoms with Gasteiger partial charge in [-0.2, -0.15) is 0 Å². The zero-order valence-corrected chi connectivity index (χ0v) is 29.8. The molecule has 8 nitrogen and oxygen atoms in total. The molecule has 258 valence electrons. The number of fused-ring (bicyclic) bond motifs is 7. The molecule has 10 unspecified atom stereocenters. The van der Waals surface area contributed by atoms with E-state index in [4.69, 9.17) is 9.47 Å². The summed E-state index contributed by atoms with van der Waals surface area (Å²) in [7, 11) is 1.81. The normalized spacial score (nSPS) is 42.3. The van der Waals surface area contributed by atoms with Crippen LogP contribution in [-0.4, -0.2) is 56.5 Å². The van der Waals surface area contributed by atoms with Gasteiger partial charge in [-0.1, -0.05) is 46.8 Å². The topological polar surface area (TPSA) is 111 Å². The van der Waals surface area contributed by atoms with E-state index in [-0.39, 0.29) is 33.2 Å². The summed E-state index contributed by atoms with van der Waals surface area (Å²) in [4.78, 5) is 49.4. The Morgan fingerprint density at radius 2 is 1.50 bits per heavy atom. The smallest absolute Gasteiger partial charge is 0.397 e. The molecule has 0 aromatic rings. The van der Waals surface area contributed by atoms with Crippen molar-refractivity contribution in [2.24, 2.45) is 56.7 Å². The number of carbonyl (C=O) groups excluding carboxylic acids is 4. The van der Waals surface area contributed by atoms with E-state index in [0.29, 0.717) is 49.3 Å². The fourth-order valence-corrected chi connectivity index (χ4v) is 12.6. The Morgan fingerprint density at radius 3 is 2.15 bits per heavy atom. The lowest BCUT2D eigenvalue weighted by atomic mass is 9.32. The first-order valence-corrected chi connectivity index (χ1v) is 17.9. The second-order valence-corrected chi connectivity index (χ2v) is 17.3. The molecule has 0 bridgehead atoms. The van der Waals surface area contributed by atoms with Crippen LogP contribution in [0.3, 0.4) is 0 Å². The lowest BCUT2D eigenvalue weighted by Crippen LogP contribution is -2.67. The SMILES string of the molecule is C=C(C)C1CCC2(COC(=O)C(C)=O)CCC3(C)C(CCC4C5(C)CCC(OC(=O)C(=O)NCCNC)C(C)(C)C5CCC43C)C12. The van der Waals surface area contributed by atoms with Gasteiger partial charge in [0.1, 0.15) is 6.10 Å². The molecule has 5 fully saturated rings. The second kappa shape index (κ2) is 12.3. The van der Waals surface area contributed by atoms with E-state index in [2.05, 4.69) is 58.8 Å². The molecule has 0 saturated heterocycles. The summed E-state index contributed by atoms with van der Waals surface area (Å²) in [6, 6.07) is 0. The molecule has 0 aliphatic heterocycles. The number of amides is 1. The van der Waals surface area contributed by atoms with E-state index in [1.54, 1.807) is 7.05 Å². The number of allylic oxidation sites excluding steroid dienone is 1. The lowest BCUT2D eigenvalue weighted by molar-refractivity contribution is -0.252. The van der Waals surface area contributed by atoms with Crippen LogP contribution in [0.2, 0.25) is 0 Å². The molecule has 2 N–H and O–H groups in total. The fourth-order valence-electron chi connectivity index (χ4n) is 12.6. The first-order chi connectivity index (χ1) is 21.5. The van der Waals surface area contributed by atoms with Gasteiger partial charge in [-0.05, 0) is 124 Å². The van der Waals surface area contributed by atoms with Crippen LogP contribution < -0.4 is 10.6 Å². The van der Waals surface area contributed by atoms with Crippen molar-refractivity contribution in [1.82, 2.24) is 10.6 Å². The summed E-state index contributed by atoms with van der Waals surface area (Å²) in [5, 5.41) is 5.63. The lowest BCUT2D eigenvalue weighted by Gasteiger charge is -2.73. The van der Waals surface area contributed by atoms with Gasteiger partial charge in [0.2, 0.25) is 5.78 Å². The number of Topliss-reactive ketones (excluding diaryl/α,β-unsaturated/α-hetero) is 1. The number of likely N-dealkylation sites (N-methyl/N-ethyl adjacent to an activating group) is 1. The average molecular weight is 641 g/mol. The van der Waals surface area contributed by atoms with Crippen molar-refractivity contribution in [2.45, 2.75) is 119 Å². The van der Waals surface area contributed by atoms with Crippen LogP contribution >= 0.6 is 0 Å². The van der Waals surface area contributed by atoms with Crippen LogP contribution in [0.15, 0.2) is 12.2 Å². The molecule has 0 radical (unpaired) electrons. The van der Waals surface area contributed by atoms with Gasteiger partial charge in [-0.3, -0.25) is 9.59 Å². The van der Waals surface area contributed by atoms with Crippen molar-refractivity contribution in [3.05, 3.63) is 12.2 Å². The molecular weight excluding hydrogens is 580 g/mol. The minimum absolute atomic E-state index is 0.0908. The van der Waals surface area contributed by atoms with E-state index in [1.165, 1.54) is 18.9 Å². The summed E-state index contributed by atoms with van der Waals surface area (Å²) >= 11 is 0. The van der Waals surface area contributed by atoms with Gasteiger partial charge in [0, 0.05) is 30.8 Å². The van der Waals surface area contributed by atoms with E-state index in [1.807, 2.05) is 0 Å². The molecule has 5 saturated carbocycles. The van der Waals surface area contributed by atoms with Gasteiger partial charge in [-0.15, -0.1) is 0 Å². The predicted molar refractivity (Wildman–Crippen MR) is 177 cm³/mol. The molecule has 1 amide bonds. The average Bonchev–Trinajstić information content (AvgIpc) is 3.38. The Labute approximate surface area is 276 Å². The Balaban J connectivity index is 1.39. The highest BCUT2D eigenvalue weighted by Gasteiger charge is 2.71. The van der Waals surface area contributed by atoms with E-state index < -0.39 is 23.6 Å². The van der Waals surface area contributed by atoms with Crippen LogP contribution in [0.5, 0.6) is 0 Å². The standard InChI is InChI=1S/C38H60N2O6/c1-23(2)25-12-17-38(22-45-32(43)24(3)41)19-18-36(7)26(30(25)38)10-11-28-35(6)15-14-29(46-33(44)31(42)40-21-20-39-9)34(4,5)27(35)13-16-37(28,36)8/h25-30,39H,1,10-22H2,2-9H3,(H,40,42). The number of ketones is 1. The molecular formula is C38H60N2O6. The largest absolute Gasteiger partial charge is 0.459 e. The third kappa shape index (κ3) is 5.37. The number of hydrogen-bond acceptors (Lipinski definition) is 7. The van der Waals surface area contributed by atoms with E-state index in [0.717, 1.165) is 57.8 Å². The quantitative estimate of drug-likeness (QED) is 0.144. The fraction of sp³-hybridized carbons (Fsp3) is 0.842. The zero-order chi connectivity index (χ0) is 33.9. The molecule has 5 rings (SSSR count). The minimum Gasteiger partial charge on any atom is -0.459 e. The summed E-state index contributed by atoms with van der Waals surface area (Å²) in [6.07, 6.45) is 10.2. The van der Waals surface area contributed by atoms with Crippen LogP contribution in [-0.2, 0) is 28.7 Å². The number of nitrogens with one attached hydrogen (secondary N) is 2. The number of ether oxygens (including phenoxy) is 2. The highest BCUT2D eigenvalue weighted by Crippen LogP contribution is 2.77. The molecule has 0 spiro atoms. The monoisotopic (exact) mass is 640 g/mol. The van der Waals surface area contributed by atoms with E-state index in [9.17, 15) is 19.2 Å².